The summed E-state index contributed by atoms with van der Waals surface area (Å²) in [5.41, 5.74) is 0.597. The lowest BCUT2D eigenvalue weighted by atomic mass is 10.1. The Morgan fingerprint density at radius 2 is 1.79 bits per heavy atom. The minimum absolute atomic E-state index is 0.221. The number of methoxy groups -OCH3 is 2. The van der Waals surface area contributed by atoms with Crippen molar-refractivity contribution in [2.24, 2.45) is 0 Å². The highest BCUT2D eigenvalue weighted by Crippen LogP contribution is 2.36. The molecule has 7 nitrogen and oxygen atoms in total. The van der Waals surface area contributed by atoms with Crippen LogP contribution >= 0.6 is 23.2 Å². The molecule has 0 unspecified atom stereocenters. The third kappa shape index (κ3) is 5.46. The molecular formula is C19H22Cl2N2O5S. The maximum absolute atomic E-state index is 13.1. The maximum atomic E-state index is 13.1. The number of benzene rings is 2. The molecule has 0 radical (unpaired) electrons. The molecule has 2 aromatic carbocycles. The van der Waals surface area contributed by atoms with Gasteiger partial charge in [-0.25, -0.2) is 8.42 Å². The zero-order valence-corrected chi connectivity index (χ0v) is 18.7. The molecule has 0 saturated carbocycles. The van der Waals surface area contributed by atoms with Crippen LogP contribution in [0.1, 0.15) is 13.3 Å². The van der Waals surface area contributed by atoms with Crippen LogP contribution in [0.25, 0.3) is 0 Å². The summed E-state index contributed by atoms with van der Waals surface area (Å²) < 4.78 is 36.5. The van der Waals surface area contributed by atoms with Crippen LogP contribution in [0, 0.1) is 0 Å². The number of carbonyl (C=O) groups is 1. The van der Waals surface area contributed by atoms with Gasteiger partial charge in [0.2, 0.25) is 15.9 Å². The molecule has 0 spiro atoms. The number of hydrogen-bond acceptors (Lipinski definition) is 5. The van der Waals surface area contributed by atoms with Gasteiger partial charge < -0.3 is 14.8 Å². The van der Waals surface area contributed by atoms with E-state index in [1.165, 1.54) is 32.4 Å². The Balaban J connectivity index is 2.45. The Bertz CT molecular complexity index is 998. The molecule has 0 aliphatic carbocycles. The van der Waals surface area contributed by atoms with Gasteiger partial charge in [-0.2, -0.15) is 0 Å². The molecule has 1 atom stereocenters. The molecule has 2 aromatic rings. The number of halogens is 2. The quantitative estimate of drug-likeness (QED) is 0.637. The number of nitrogens with one attached hydrogen (secondary N) is 1. The summed E-state index contributed by atoms with van der Waals surface area (Å²) in [6.07, 6.45) is 1.26. The topological polar surface area (TPSA) is 84.9 Å². The highest BCUT2D eigenvalue weighted by molar-refractivity contribution is 7.92. The summed E-state index contributed by atoms with van der Waals surface area (Å²) in [6.45, 7) is 1.71. The van der Waals surface area contributed by atoms with E-state index < -0.39 is 22.0 Å². The third-order valence-electron chi connectivity index (χ3n) is 4.12. The Labute approximate surface area is 180 Å². The van der Waals surface area contributed by atoms with E-state index in [4.69, 9.17) is 32.7 Å². The van der Waals surface area contributed by atoms with Crippen molar-refractivity contribution in [3.8, 4) is 11.5 Å². The van der Waals surface area contributed by atoms with Crippen molar-refractivity contribution in [1.29, 1.82) is 0 Å². The van der Waals surface area contributed by atoms with E-state index in [9.17, 15) is 13.2 Å². The smallest absolute Gasteiger partial charge is 0.248 e. The fourth-order valence-electron chi connectivity index (χ4n) is 2.85. The highest BCUT2D eigenvalue weighted by atomic mass is 35.5. The second-order valence-corrected chi connectivity index (χ2v) is 8.84. The number of nitrogens with zero attached hydrogens (tertiary/aromatic N) is 1. The Morgan fingerprint density at radius 3 is 2.31 bits per heavy atom. The maximum Gasteiger partial charge on any atom is 0.248 e. The standard InChI is InChI=1S/C19H22Cl2N2O5S/c1-5-16(23(29(4,25)26)13-8-6-7-12(20)9-13)19(24)22-15-11-17(27-2)14(21)10-18(15)28-3/h6-11,16H,5H2,1-4H3,(H,22,24)/t16-/m1/s1. The molecule has 1 amide bonds. The van der Waals surface area contributed by atoms with Gasteiger partial charge in [0, 0.05) is 17.2 Å². The van der Waals surface area contributed by atoms with E-state index in [0.717, 1.165) is 10.6 Å². The zero-order chi connectivity index (χ0) is 21.8. The lowest BCUT2D eigenvalue weighted by Crippen LogP contribution is -2.47. The largest absolute Gasteiger partial charge is 0.495 e. The first-order valence-electron chi connectivity index (χ1n) is 8.59. The Morgan fingerprint density at radius 1 is 1.14 bits per heavy atom. The normalized spacial score (nSPS) is 12.2. The summed E-state index contributed by atoms with van der Waals surface area (Å²) in [4.78, 5) is 13.1. The van der Waals surface area contributed by atoms with Crippen molar-refractivity contribution in [3.05, 3.63) is 46.4 Å². The lowest BCUT2D eigenvalue weighted by molar-refractivity contribution is -0.117. The molecule has 0 aliphatic heterocycles. The highest BCUT2D eigenvalue weighted by Gasteiger charge is 2.32. The van der Waals surface area contributed by atoms with Crippen molar-refractivity contribution in [2.75, 3.05) is 30.1 Å². The average molecular weight is 461 g/mol. The predicted molar refractivity (Wildman–Crippen MR) is 116 cm³/mol. The number of ether oxygens (including phenoxy) is 2. The van der Waals surface area contributed by atoms with Gasteiger partial charge in [0.15, 0.2) is 0 Å². The van der Waals surface area contributed by atoms with Gasteiger partial charge in [-0.1, -0.05) is 36.2 Å². The molecule has 1 N–H and O–H groups in total. The molecule has 158 valence electrons. The van der Waals surface area contributed by atoms with Crippen LogP contribution in [0.4, 0.5) is 11.4 Å². The van der Waals surface area contributed by atoms with Gasteiger partial charge in [-0.05, 0) is 24.6 Å². The van der Waals surface area contributed by atoms with E-state index in [1.54, 1.807) is 25.1 Å². The molecule has 0 aromatic heterocycles. The molecule has 0 bridgehead atoms. The van der Waals surface area contributed by atoms with E-state index in [2.05, 4.69) is 5.32 Å². The van der Waals surface area contributed by atoms with Gasteiger partial charge in [-0.15, -0.1) is 0 Å². The van der Waals surface area contributed by atoms with Gasteiger partial charge in [0.1, 0.15) is 17.5 Å². The average Bonchev–Trinajstić information content (AvgIpc) is 2.65. The Kier molecular flexibility index (Phi) is 7.62. The number of hydrogen-bond donors (Lipinski definition) is 1. The number of rotatable bonds is 8. The fourth-order valence-corrected chi connectivity index (χ4v) is 4.47. The number of amides is 1. The van der Waals surface area contributed by atoms with Crippen molar-refractivity contribution in [2.45, 2.75) is 19.4 Å². The molecule has 0 saturated heterocycles. The van der Waals surface area contributed by atoms with Crippen molar-refractivity contribution in [3.63, 3.8) is 0 Å². The van der Waals surface area contributed by atoms with E-state index in [1.807, 2.05) is 0 Å². The van der Waals surface area contributed by atoms with Gasteiger partial charge in [0.25, 0.3) is 0 Å². The second-order valence-electron chi connectivity index (χ2n) is 6.14. The molecule has 2 rings (SSSR count). The summed E-state index contributed by atoms with van der Waals surface area (Å²) in [5, 5.41) is 3.38. The van der Waals surface area contributed by atoms with Crippen LogP contribution in [0.15, 0.2) is 36.4 Å². The van der Waals surface area contributed by atoms with Crippen molar-refractivity contribution in [1.82, 2.24) is 0 Å². The SMILES string of the molecule is CC[C@H](C(=O)Nc1cc(OC)c(Cl)cc1OC)N(c1cccc(Cl)c1)S(C)(=O)=O. The second kappa shape index (κ2) is 9.56. The van der Waals surface area contributed by atoms with Crippen LogP contribution in [0.2, 0.25) is 10.0 Å². The van der Waals surface area contributed by atoms with Gasteiger partial charge in [0.05, 0.1) is 36.9 Å². The van der Waals surface area contributed by atoms with E-state index >= 15 is 0 Å². The van der Waals surface area contributed by atoms with Crippen LogP contribution in [0.5, 0.6) is 11.5 Å². The van der Waals surface area contributed by atoms with Crippen LogP contribution < -0.4 is 19.1 Å². The molecular weight excluding hydrogens is 439 g/mol. The molecule has 0 fully saturated rings. The first-order valence-corrected chi connectivity index (χ1v) is 11.2. The molecule has 10 heteroatoms. The minimum atomic E-state index is -3.78. The van der Waals surface area contributed by atoms with Gasteiger partial charge >= 0.3 is 0 Å². The molecule has 0 aliphatic rings. The summed E-state index contributed by atoms with van der Waals surface area (Å²) in [7, 11) is -0.908. The molecule has 29 heavy (non-hydrogen) atoms. The first kappa shape index (κ1) is 23.1. The van der Waals surface area contributed by atoms with Gasteiger partial charge in [-0.3, -0.25) is 9.10 Å². The van der Waals surface area contributed by atoms with Crippen LogP contribution in [-0.2, 0) is 14.8 Å². The third-order valence-corrected chi connectivity index (χ3v) is 5.83. The van der Waals surface area contributed by atoms with Crippen LogP contribution in [-0.4, -0.2) is 40.8 Å². The van der Waals surface area contributed by atoms with Crippen molar-refractivity contribution >= 4 is 50.5 Å². The monoisotopic (exact) mass is 460 g/mol. The van der Waals surface area contributed by atoms with Crippen LogP contribution in [0.3, 0.4) is 0 Å². The zero-order valence-electron chi connectivity index (χ0n) is 16.4. The number of anilines is 2. The first-order chi connectivity index (χ1) is 13.6. The molecule has 0 heterocycles. The number of carbonyl (C=O) groups excluding carboxylic acids is 1. The van der Waals surface area contributed by atoms with E-state index in [-0.39, 0.29) is 6.42 Å². The minimum Gasteiger partial charge on any atom is -0.495 e. The van der Waals surface area contributed by atoms with Crippen molar-refractivity contribution < 1.29 is 22.7 Å². The summed E-state index contributed by atoms with van der Waals surface area (Å²) >= 11 is 12.1. The summed E-state index contributed by atoms with van der Waals surface area (Å²) in [5.74, 6) is 0.110. The Hall–Kier alpha value is -2.16. The summed E-state index contributed by atoms with van der Waals surface area (Å²) in [6, 6.07) is 8.30. The fraction of sp³-hybridized carbons (Fsp3) is 0.316. The predicted octanol–water partition coefficient (Wildman–Crippen LogP) is 4.19. The number of sulfonamides is 1. The van der Waals surface area contributed by atoms with E-state index in [0.29, 0.717) is 32.9 Å². The lowest BCUT2D eigenvalue weighted by Gasteiger charge is -2.30.